The van der Waals surface area contributed by atoms with E-state index in [9.17, 15) is 4.79 Å². The minimum atomic E-state index is 0.0456. The van der Waals surface area contributed by atoms with Crippen LogP contribution in [0.5, 0.6) is 0 Å². The SMILES string of the molecule is CN(CCc1cccs1)C(=O)N[C@H]1CCOC2(CCCCC2)C1. The molecule has 3 rings (SSSR count). The highest BCUT2D eigenvalue weighted by atomic mass is 32.1. The molecule has 1 N–H and O–H groups in total. The van der Waals surface area contributed by atoms with Gasteiger partial charge in [0.1, 0.15) is 0 Å². The van der Waals surface area contributed by atoms with Crippen molar-refractivity contribution in [3.05, 3.63) is 22.4 Å². The highest BCUT2D eigenvalue weighted by Gasteiger charge is 2.39. The lowest BCUT2D eigenvalue weighted by Gasteiger charge is -2.43. The van der Waals surface area contributed by atoms with Gasteiger partial charge in [-0.15, -0.1) is 11.3 Å². The number of hydrogen-bond acceptors (Lipinski definition) is 3. The van der Waals surface area contributed by atoms with Crippen molar-refractivity contribution >= 4 is 17.4 Å². The smallest absolute Gasteiger partial charge is 0.317 e. The Balaban J connectivity index is 1.46. The molecule has 0 unspecified atom stereocenters. The molecule has 0 bridgehead atoms. The second-order valence-corrected chi connectivity index (χ2v) is 8.01. The average molecular weight is 337 g/mol. The van der Waals surface area contributed by atoms with Gasteiger partial charge in [-0.05, 0) is 43.6 Å². The molecule has 1 aromatic rings. The van der Waals surface area contributed by atoms with Gasteiger partial charge in [0.25, 0.3) is 0 Å². The Labute approximate surface area is 143 Å². The fourth-order valence-electron chi connectivity index (χ4n) is 3.81. The van der Waals surface area contributed by atoms with Gasteiger partial charge in [-0.1, -0.05) is 25.3 Å². The van der Waals surface area contributed by atoms with E-state index in [2.05, 4.69) is 22.8 Å². The first-order valence-corrected chi connectivity index (χ1v) is 9.73. The van der Waals surface area contributed by atoms with Crippen LogP contribution in [-0.4, -0.2) is 42.8 Å². The summed E-state index contributed by atoms with van der Waals surface area (Å²) in [4.78, 5) is 15.6. The van der Waals surface area contributed by atoms with Crippen molar-refractivity contribution in [2.24, 2.45) is 0 Å². The van der Waals surface area contributed by atoms with E-state index in [-0.39, 0.29) is 17.7 Å². The van der Waals surface area contributed by atoms with Crippen molar-refractivity contribution in [3.63, 3.8) is 0 Å². The van der Waals surface area contributed by atoms with Crippen LogP contribution in [0.3, 0.4) is 0 Å². The summed E-state index contributed by atoms with van der Waals surface area (Å²) >= 11 is 1.75. The number of nitrogens with one attached hydrogen (secondary N) is 1. The van der Waals surface area contributed by atoms with E-state index < -0.39 is 0 Å². The van der Waals surface area contributed by atoms with Gasteiger partial charge in [0.05, 0.1) is 5.60 Å². The van der Waals surface area contributed by atoms with Gasteiger partial charge >= 0.3 is 6.03 Å². The molecule has 5 heteroatoms. The maximum Gasteiger partial charge on any atom is 0.317 e. The molecule has 1 aliphatic carbocycles. The number of ether oxygens (including phenoxy) is 1. The number of hydrogen-bond donors (Lipinski definition) is 1. The van der Waals surface area contributed by atoms with Crippen LogP contribution in [0.25, 0.3) is 0 Å². The first-order chi connectivity index (χ1) is 11.2. The molecule has 0 radical (unpaired) electrons. The quantitative estimate of drug-likeness (QED) is 0.908. The van der Waals surface area contributed by atoms with E-state index in [0.717, 1.165) is 45.3 Å². The van der Waals surface area contributed by atoms with Gasteiger partial charge in [-0.25, -0.2) is 4.79 Å². The number of likely N-dealkylation sites (N-methyl/N-ethyl adjacent to an activating group) is 1. The standard InChI is InChI=1S/C18H28N2O2S/c1-20(11-7-16-6-5-13-23-16)17(21)19-15-8-12-22-18(14-15)9-3-2-4-10-18/h5-6,13,15H,2-4,7-12,14H2,1H3,(H,19,21)/t15-/m0/s1. The zero-order chi connectivity index (χ0) is 16.1. The Kier molecular flexibility index (Phi) is 5.59. The summed E-state index contributed by atoms with van der Waals surface area (Å²) in [5.41, 5.74) is 0.0456. The van der Waals surface area contributed by atoms with Gasteiger partial charge in [0.15, 0.2) is 0 Å². The lowest BCUT2D eigenvalue weighted by molar-refractivity contribution is -0.108. The van der Waals surface area contributed by atoms with Gasteiger partial charge in [-0.2, -0.15) is 0 Å². The number of carbonyl (C=O) groups is 1. The second kappa shape index (κ2) is 7.67. The predicted molar refractivity (Wildman–Crippen MR) is 94.0 cm³/mol. The molecule has 0 aromatic carbocycles. The van der Waals surface area contributed by atoms with E-state index in [1.165, 1.54) is 24.1 Å². The number of urea groups is 1. The molecular formula is C18H28N2O2S. The Bertz CT molecular complexity index is 492. The van der Waals surface area contributed by atoms with Crippen molar-refractivity contribution in [2.45, 2.75) is 63.0 Å². The molecule has 1 atom stereocenters. The van der Waals surface area contributed by atoms with Crippen molar-refractivity contribution < 1.29 is 9.53 Å². The minimum Gasteiger partial charge on any atom is -0.375 e. The lowest BCUT2D eigenvalue weighted by Crippen LogP contribution is -2.51. The molecule has 2 amide bonds. The third kappa shape index (κ3) is 4.48. The molecule has 1 aromatic heterocycles. The fraction of sp³-hybridized carbons (Fsp3) is 0.722. The molecular weight excluding hydrogens is 308 g/mol. The summed E-state index contributed by atoms with van der Waals surface area (Å²) in [6.07, 6.45) is 9.03. The van der Waals surface area contributed by atoms with Crippen LogP contribution in [-0.2, 0) is 11.2 Å². The maximum atomic E-state index is 12.4. The van der Waals surface area contributed by atoms with Crippen molar-refractivity contribution in [3.8, 4) is 0 Å². The van der Waals surface area contributed by atoms with Gasteiger partial charge in [0.2, 0.25) is 0 Å². The van der Waals surface area contributed by atoms with Crippen molar-refractivity contribution in [1.82, 2.24) is 10.2 Å². The Hall–Kier alpha value is -1.07. The highest BCUT2D eigenvalue weighted by molar-refractivity contribution is 7.09. The number of rotatable bonds is 4. The molecule has 128 valence electrons. The topological polar surface area (TPSA) is 41.6 Å². The van der Waals surface area contributed by atoms with E-state index in [0.29, 0.717) is 0 Å². The van der Waals surface area contributed by atoms with E-state index in [4.69, 9.17) is 4.74 Å². The second-order valence-electron chi connectivity index (χ2n) is 6.98. The third-order valence-electron chi connectivity index (χ3n) is 5.21. The van der Waals surface area contributed by atoms with E-state index in [1.807, 2.05) is 11.9 Å². The largest absolute Gasteiger partial charge is 0.375 e. The van der Waals surface area contributed by atoms with Crippen molar-refractivity contribution in [2.75, 3.05) is 20.2 Å². The molecule has 4 nitrogen and oxygen atoms in total. The fourth-order valence-corrected chi connectivity index (χ4v) is 4.51. The minimum absolute atomic E-state index is 0.0456. The summed E-state index contributed by atoms with van der Waals surface area (Å²) in [5, 5.41) is 5.32. The van der Waals surface area contributed by atoms with Gasteiger partial charge in [-0.3, -0.25) is 0 Å². The maximum absolute atomic E-state index is 12.4. The first kappa shape index (κ1) is 16.8. The molecule has 1 spiro atoms. The van der Waals surface area contributed by atoms with Crippen LogP contribution >= 0.6 is 11.3 Å². The van der Waals surface area contributed by atoms with Crippen LogP contribution in [0, 0.1) is 0 Å². The summed E-state index contributed by atoms with van der Waals surface area (Å²) in [7, 11) is 1.89. The molecule has 2 fully saturated rings. The number of carbonyl (C=O) groups excluding carboxylic acids is 1. The monoisotopic (exact) mass is 336 g/mol. The Morgan fingerprint density at radius 1 is 1.43 bits per heavy atom. The van der Waals surface area contributed by atoms with Crippen LogP contribution in [0.1, 0.15) is 49.8 Å². The molecule has 1 saturated carbocycles. The predicted octanol–water partition coefficient (Wildman–Crippen LogP) is 3.81. The van der Waals surface area contributed by atoms with Crippen LogP contribution in [0.2, 0.25) is 0 Å². The normalized spacial score (nSPS) is 23.6. The number of amides is 2. The van der Waals surface area contributed by atoms with Gasteiger partial charge < -0.3 is 15.0 Å². The molecule has 1 aliphatic heterocycles. The van der Waals surface area contributed by atoms with E-state index >= 15 is 0 Å². The summed E-state index contributed by atoms with van der Waals surface area (Å²) in [6.45, 7) is 1.55. The lowest BCUT2D eigenvalue weighted by atomic mass is 9.78. The number of thiophene rings is 1. The van der Waals surface area contributed by atoms with E-state index in [1.54, 1.807) is 11.3 Å². The molecule has 1 saturated heterocycles. The average Bonchev–Trinajstić information content (AvgIpc) is 3.07. The molecule has 23 heavy (non-hydrogen) atoms. The zero-order valence-electron chi connectivity index (χ0n) is 14.1. The third-order valence-corrected chi connectivity index (χ3v) is 6.14. The molecule has 2 aliphatic rings. The van der Waals surface area contributed by atoms with Crippen molar-refractivity contribution in [1.29, 1.82) is 0 Å². The zero-order valence-corrected chi connectivity index (χ0v) is 14.9. The Morgan fingerprint density at radius 2 is 2.26 bits per heavy atom. The summed E-state index contributed by atoms with van der Waals surface area (Å²) in [6, 6.07) is 4.51. The van der Waals surface area contributed by atoms with Crippen LogP contribution in [0.4, 0.5) is 4.79 Å². The number of nitrogens with zero attached hydrogens (tertiary/aromatic N) is 1. The van der Waals surface area contributed by atoms with Crippen LogP contribution in [0.15, 0.2) is 17.5 Å². The van der Waals surface area contributed by atoms with Gasteiger partial charge in [0, 0.05) is 31.1 Å². The highest BCUT2D eigenvalue weighted by Crippen LogP contribution is 2.38. The Morgan fingerprint density at radius 3 is 3.00 bits per heavy atom. The summed E-state index contributed by atoms with van der Waals surface area (Å²) in [5.74, 6) is 0. The van der Waals surface area contributed by atoms with Crippen LogP contribution < -0.4 is 5.32 Å². The first-order valence-electron chi connectivity index (χ1n) is 8.85. The molecule has 2 heterocycles. The summed E-state index contributed by atoms with van der Waals surface area (Å²) < 4.78 is 6.11.